The van der Waals surface area contributed by atoms with E-state index in [0.29, 0.717) is 50.3 Å². The Kier molecular flexibility index (Phi) is 8.06. The number of carbonyl (C=O) groups is 2. The van der Waals surface area contributed by atoms with Gasteiger partial charge in [-0.3, -0.25) is 9.59 Å². The molecule has 1 amide bonds. The van der Waals surface area contributed by atoms with Gasteiger partial charge in [0.25, 0.3) is 0 Å². The minimum atomic E-state index is -4.41. The zero-order valence-electron chi connectivity index (χ0n) is 20.3. The summed E-state index contributed by atoms with van der Waals surface area (Å²) in [7, 11) is 1.35. The Labute approximate surface area is 204 Å². The lowest BCUT2D eigenvalue weighted by atomic mass is 9.78. The van der Waals surface area contributed by atoms with Gasteiger partial charge in [0.2, 0.25) is 5.91 Å². The zero-order chi connectivity index (χ0) is 25.1. The van der Waals surface area contributed by atoms with Crippen molar-refractivity contribution in [3.63, 3.8) is 0 Å². The number of halogens is 3. The van der Waals surface area contributed by atoms with Gasteiger partial charge in [-0.05, 0) is 74.6 Å². The van der Waals surface area contributed by atoms with Gasteiger partial charge < -0.3 is 19.7 Å². The minimum Gasteiger partial charge on any atom is -0.469 e. The van der Waals surface area contributed by atoms with E-state index in [4.69, 9.17) is 9.47 Å². The van der Waals surface area contributed by atoms with Crippen LogP contribution in [0.15, 0.2) is 18.2 Å². The van der Waals surface area contributed by atoms with Gasteiger partial charge in [-0.15, -0.1) is 0 Å². The standard InChI is InChI=1S/C26H35F3N2O4/c1-34-23(32)3-2-10-25(11-6-22(16-25)30-21-8-13-35-14-9-21)24(33)31-12-7-18-4-5-20(26(27,28)29)15-19(18)17-31/h4-5,15,21-22,30H,2-3,6-14,16-17H2,1H3/t22-,25+/m1/s1. The molecule has 2 aliphatic heterocycles. The van der Waals surface area contributed by atoms with Crippen molar-refractivity contribution in [1.29, 1.82) is 0 Å². The van der Waals surface area contributed by atoms with Crippen LogP contribution in [-0.2, 0) is 38.2 Å². The third-order valence-corrected chi connectivity index (χ3v) is 7.85. The first kappa shape index (κ1) is 25.9. The van der Waals surface area contributed by atoms with Crippen LogP contribution in [0.5, 0.6) is 0 Å². The Bertz CT molecular complexity index is 916. The summed E-state index contributed by atoms with van der Waals surface area (Å²) in [6, 6.07) is 4.42. The summed E-state index contributed by atoms with van der Waals surface area (Å²) in [6.45, 7) is 2.16. The molecule has 2 atom stereocenters. The number of alkyl halides is 3. The van der Waals surface area contributed by atoms with Gasteiger partial charge in [0.15, 0.2) is 0 Å². The van der Waals surface area contributed by atoms with Crippen molar-refractivity contribution in [3.8, 4) is 0 Å². The predicted molar refractivity (Wildman–Crippen MR) is 123 cm³/mol. The predicted octanol–water partition coefficient (Wildman–Crippen LogP) is 4.24. The van der Waals surface area contributed by atoms with Crippen LogP contribution in [0.3, 0.4) is 0 Å². The number of hydrogen-bond donors (Lipinski definition) is 1. The number of methoxy groups -OCH3 is 1. The number of carbonyl (C=O) groups excluding carboxylic acids is 2. The van der Waals surface area contributed by atoms with E-state index in [1.165, 1.54) is 19.2 Å². The molecule has 2 heterocycles. The number of nitrogens with zero attached hydrogens (tertiary/aromatic N) is 1. The van der Waals surface area contributed by atoms with Crippen LogP contribution in [0.25, 0.3) is 0 Å². The lowest BCUT2D eigenvalue weighted by molar-refractivity contribution is -0.145. The summed E-state index contributed by atoms with van der Waals surface area (Å²) in [5, 5.41) is 3.71. The van der Waals surface area contributed by atoms with Crippen LogP contribution in [0.2, 0.25) is 0 Å². The van der Waals surface area contributed by atoms with E-state index in [1.807, 2.05) is 0 Å². The van der Waals surface area contributed by atoms with Gasteiger partial charge in [0.05, 0.1) is 18.1 Å². The lowest BCUT2D eigenvalue weighted by Gasteiger charge is -2.38. The summed E-state index contributed by atoms with van der Waals surface area (Å²) in [6.07, 6.45) is 1.64. The fourth-order valence-electron chi connectivity index (χ4n) is 5.91. The highest BCUT2D eigenvalue weighted by Crippen LogP contribution is 2.45. The largest absolute Gasteiger partial charge is 0.469 e. The second kappa shape index (κ2) is 10.9. The molecule has 1 aromatic carbocycles. The molecule has 1 aliphatic carbocycles. The highest BCUT2D eigenvalue weighted by molar-refractivity contribution is 5.83. The van der Waals surface area contributed by atoms with Crippen molar-refractivity contribution in [1.82, 2.24) is 10.2 Å². The molecule has 9 heteroatoms. The topological polar surface area (TPSA) is 67.9 Å². The molecule has 0 spiro atoms. The molecule has 1 aromatic rings. The van der Waals surface area contributed by atoms with Crippen LogP contribution in [0.1, 0.15) is 68.1 Å². The summed E-state index contributed by atoms with van der Waals surface area (Å²) < 4.78 is 50.0. The summed E-state index contributed by atoms with van der Waals surface area (Å²) in [5.74, 6) is -0.296. The second-order valence-corrected chi connectivity index (χ2v) is 10.2. The molecular formula is C26H35F3N2O4. The van der Waals surface area contributed by atoms with Crippen molar-refractivity contribution < 1.29 is 32.2 Å². The van der Waals surface area contributed by atoms with E-state index in [2.05, 4.69) is 5.32 Å². The Balaban J connectivity index is 1.48. The van der Waals surface area contributed by atoms with Gasteiger partial charge in [0, 0.05) is 44.8 Å². The monoisotopic (exact) mass is 496 g/mol. The molecule has 35 heavy (non-hydrogen) atoms. The molecule has 1 saturated carbocycles. The van der Waals surface area contributed by atoms with Gasteiger partial charge in [-0.1, -0.05) is 6.07 Å². The number of amides is 1. The van der Waals surface area contributed by atoms with Crippen LogP contribution >= 0.6 is 0 Å². The Morgan fingerprint density at radius 3 is 2.66 bits per heavy atom. The van der Waals surface area contributed by atoms with Crippen LogP contribution in [-0.4, -0.2) is 55.7 Å². The first-order valence-electron chi connectivity index (χ1n) is 12.6. The fraction of sp³-hybridized carbons (Fsp3) is 0.692. The quantitative estimate of drug-likeness (QED) is 0.572. The number of fused-ring (bicyclic) bond motifs is 1. The third-order valence-electron chi connectivity index (χ3n) is 7.85. The van der Waals surface area contributed by atoms with E-state index < -0.39 is 17.2 Å². The second-order valence-electron chi connectivity index (χ2n) is 10.2. The van der Waals surface area contributed by atoms with Gasteiger partial charge in [-0.2, -0.15) is 13.2 Å². The zero-order valence-corrected chi connectivity index (χ0v) is 20.3. The number of nitrogens with one attached hydrogen (secondary N) is 1. The number of esters is 1. The molecule has 6 nitrogen and oxygen atoms in total. The maximum Gasteiger partial charge on any atom is 0.416 e. The van der Waals surface area contributed by atoms with Crippen LogP contribution in [0, 0.1) is 5.41 Å². The number of rotatable bonds is 7. The van der Waals surface area contributed by atoms with Gasteiger partial charge in [-0.25, -0.2) is 0 Å². The minimum absolute atomic E-state index is 0.00158. The molecule has 0 unspecified atom stereocenters. The fourth-order valence-corrected chi connectivity index (χ4v) is 5.91. The summed E-state index contributed by atoms with van der Waals surface area (Å²) >= 11 is 0. The molecule has 0 aromatic heterocycles. The summed E-state index contributed by atoms with van der Waals surface area (Å²) in [4.78, 5) is 27.4. The number of ether oxygens (including phenoxy) is 2. The van der Waals surface area contributed by atoms with Gasteiger partial charge in [0.1, 0.15) is 0 Å². The van der Waals surface area contributed by atoms with Gasteiger partial charge >= 0.3 is 12.1 Å². The maximum atomic E-state index is 13.9. The smallest absolute Gasteiger partial charge is 0.416 e. The molecule has 3 aliphatic rings. The lowest BCUT2D eigenvalue weighted by Crippen LogP contribution is -2.47. The molecule has 194 valence electrons. The van der Waals surface area contributed by atoms with Crippen LogP contribution < -0.4 is 5.32 Å². The molecule has 0 bridgehead atoms. The molecule has 2 fully saturated rings. The van der Waals surface area contributed by atoms with Crippen molar-refractivity contribution in [2.45, 2.75) is 82.6 Å². The SMILES string of the molecule is COC(=O)CCC[C@]1(C(=O)N2CCc3ccc(C(F)(F)F)cc3C2)CC[C@@H](NC2CCOCC2)C1. The molecule has 1 saturated heterocycles. The van der Waals surface area contributed by atoms with E-state index in [-0.39, 0.29) is 30.9 Å². The van der Waals surface area contributed by atoms with E-state index >= 15 is 0 Å². The van der Waals surface area contributed by atoms with E-state index in [1.54, 1.807) is 4.90 Å². The van der Waals surface area contributed by atoms with Crippen molar-refractivity contribution in [2.75, 3.05) is 26.9 Å². The molecule has 0 radical (unpaired) electrons. The average Bonchev–Trinajstić information content (AvgIpc) is 3.26. The van der Waals surface area contributed by atoms with Crippen molar-refractivity contribution in [2.24, 2.45) is 5.41 Å². The van der Waals surface area contributed by atoms with Crippen molar-refractivity contribution >= 4 is 11.9 Å². The number of hydrogen-bond acceptors (Lipinski definition) is 5. The number of benzene rings is 1. The molecular weight excluding hydrogens is 461 g/mol. The van der Waals surface area contributed by atoms with Crippen molar-refractivity contribution in [3.05, 3.63) is 34.9 Å². The first-order valence-corrected chi connectivity index (χ1v) is 12.6. The normalized spacial score (nSPS) is 25.4. The average molecular weight is 497 g/mol. The third kappa shape index (κ3) is 6.17. The highest BCUT2D eigenvalue weighted by Gasteiger charge is 2.47. The van der Waals surface area contributed by atoms with E-state index in [9.17, 15) is 22.8 Å². The maximum absolute atomic E-state index is 13.9. The van der Waals surface area contributed by atoms with E-state index in [0.717, 1.165) is 44.1 Å². The Morgan fingerprint density at radius 1 is 1.17 bits per heavy atom. The van der Waals surface area contributed by atoms with Crippen LogP contribution in [0.4, 0.5) is 13.2 Å². The molecule has 1 N–H and O–H groups in total. The Hall–Kier alpha value is -2.13. The highest BCUT2D eigenvalue weighted by atomic mass is 19.4. The summed E-state index contributed by atoms with van der Waals surface area (Å²) in [5.41, 5.74) is 0.141. The first-order chi connectivity index (χ1) is 16.7. The Morgan fingerprint density at radius 2 is 1.94 bits per heavy atom. The molecule has 4 rings (SSSR count).